The van der Waals surface area contributed by atoms with E-state index in [2.05, 4.69) is 30.7 Å². The molecule has 0 unspecified atom stereocenters. The van der Waals surface area contributed by atoms with Crippen molar-refractivity contribution < 1.29 is 4.74 Å². The van der Waals surface area contributed by atoms with E-state index in [1.807, 2.05) is 27.0 Å². The third-order valence-electron chi connectivity index (χ3n) is 2.57. The number of aryl methyl sites for hydroxylation is 1. The van der Waals surface area contributed by atoms with E-state index in [-0.39, 0.29) is 0 Å². The summed E-state index contributed by atoms with van der Waals surface area (Å²) in [6.07, 6.45) is 1.75. The Hall–Kier alpha value is -2.38. The Labute approximate surface area is 117 Å². The van der Waals surface area contributed by atoms with E-state index in [9.17, 15) is 0 Å². The zero-order chi connectivity index (χ0) is 14.4. The summed E-state index contributed by atoms with van der Waals surface area (Å²) in [6.45, 7) is 5.69. The number of nitrogens with zero attached hydrogens (tertiary/aromatic N) is 5. The lowest BCUT2D eigenvalue weighted by atomic mass is 10.4. The van der Waals surface area contributed by atoms with Crippen molar-refractivity contribution in [2.75, 3.05) is 23.8 Å². The van der Waals surface area contributed by atoms with Crippen LogP contribution < -0.4 is 15.4 Å². The lowest BCUT2D eigenvalue weighted by Gasteiger charge is -2.09. The second-order valence-corrected chi connectivity index (χ2v) is 4.03. The molecule has 0 fully saturated rings. The highest BCUT2D eigenvalue weighted by Gasteiger charge is 2.07. The molecular weight excluding hydrogens is 258 g/mol. The number of nitrogens with one attached hydrogen (secondary N) is 2. The van der Waals surface area contributed by atoms with Gasteiger partial charge in [0.1, 0.15) is 0 Å². The van der Waals surface area contributed by atoms with E-state index in [1.165, 1.54) is 0 Å². The van der Waals surface area contributed by atoms with Crippen molar-refractivity contribution in [3.63, 3.8) is 0 Å². The summed E-state index contributed by atoms with van der Waals surface area (Å²) < 4.78 is 7.13. The van der Waals surface area contributed by atoms with Crippen molar-refractivity contribution >= 4 is 11.9 Å². The van der Waals surface area contributed by atoms with Gasteiger partial charge in [-0.3, -0.25) is 4.68 Å². The fourth-order valence-corrected chi connectivity index (χ4v) is 1.61. The fraction of sp³-hybridized carbons (Fsp3) is 0.500. The van der Waals surface area contributed by atoms with E-state index in [4.69, 9.17) is 4.74 Å². The zero-order valence-electron chi connectivity index (χ0n) is 11.9. The quantitative estimate of drug-likeness (QED) is 0.781. The van der Waals surface area contributed by atoms with Crippen LogP contribution in [0.4, 0.5) is 11.9 Å². The molecule has 0 radical (unpaired) electrons. The monoisotopic (exact) mass is 277 g/mol. The SMILES string of the molecule is CCNc1nc(NCc2ccnn2C)nc(OCC)n1. The first-order chi connectivity index (χ1) is 9.72. The Balaban J connectivity index is 2.11. The van der Waals surface area contributed by atoms with Crippen molar-refractivity contribution in [2.45, 2.75) is 20.4 Å². The molecule has 0 saturated heterocycles. The molecule has 8 heteroatoms. The summed E-state index contributed by atoms with van der Waals surface area (Å²) in [6, 6.07) is 2.24. The molecule has 0 aliphatic heterocycles. The Kier molecular flexibility index (Phi) is 4.70. The highest BCUT2D eigenvalue weighted by Crippen LogP contribution is 2.12. The van der Waals surface area contributed by atoms with Crippen molar-refractivity contribution in [1.29, 1.82) is 0 Å². The molecule has 20 heavy (non-hydrogen) atoms. The molecule has 2 heterocycles. The highest BCUT2D eigenvalue weighted by atomic mass is 16.5. The molecule has 0 aliphatic rings. The smallest absolute Gasteiger partial charge is 0.323 e. The second-order valence-electron chi connectivity index (χ2n) is 4.03. The molecule has 0 bridgehead atoms. The van der Waals surface area contributed by atoms with Crippen molar-refractivity contribution in [1.82, 2.24) is 24.7 Å². The van der Waals surface area contributed by atoms with Gasteiger partial charge >= 0.3 is 6.01 Å². The normalized spacial score (nSPS) is 10.3. The van der Waals surface area contributed by atoms with Gasteiger partial charge in [-0.1, -0.05) is 0 Å². The van der Waals surface area contributed by atoms with Gasteiger partial charge in [0, 0.05) is 19.8 Å². The van der Waals surface area contributed by atoms with Crippen LogP contribution in [-0.4, -0.2) is 37.9 Å². The molecule has 0 spiro atoms. The van der Waals surface area contributed by atoms with E-state index in [0.717, 1.165) is 12.2 Å². The molecule has 0 amide bonds. The molecule has 0 saturated carbocycles. The largest absolute Gasteiger partial charge is 0.464 e. The Morgan fingerprint density at radius 2 is 1.90 bits per heavy atom. The Morgan fingerprint density at radius 1 is 1.15 bits per heavy atom. The molecule has 0 aromatic carbocycles. The summed E-state index contributed by atoms with van der Waals surface area (Å²) in [5, 5.41) is 10.3. The Morgan fingerprint density at radius 3 is 2.50 bits per heavy atom. The van der Waals surface area contributed by atoms with Crippen molar-refractivity contribution in [3.8, 4) is 6.01 Å². The van der Waals surface area contributed by atoms with Crippen LogP contribution in [0.5, 0.6) is 6.01 Å². The number of hydrogen-bond donors (Lipinski definition) is 2. The first-order valence-electron chi connectivity index (χ1n) is 6.56. The molecule has 108 valence electrons. The summed E-state index contributed by atoms with van der Waals surface area (Å²) >= 11 is 0. The number of ether oxygens (including phenoxy) is 1. The predicted octanol–water partition coefficient (Wildman–Crippen LogP) is 1.05. The first kappa shape index (κ1) is 14.0. The molecule has 2 aromatic heterocycles. The summed E-state index contributed by atoms with van der Waals surface area (Å²) in [5.41, 5.74) is 1.04. The fourth-order valence-electron chi connectivity index (χ4n) is 1.61. The van der Waals surface area contributed by atoms with Crippen molar-refractivity contribution in [3.05, 3.63) is 18.0 Å². The minimum Gasteiger partial charge on any atom is -0.464 e. The molecule has 2 aromatic rings. The predicted molar refractivity (Wildman–Crippen MR) is 75.7 cm³/mol. The lowest BCUT2D eigenvalue weighted by molar-refractivity contribution is 0.312. The van der Waals surface area contributed by atoms with Gasteiger partial charge in [0.15, 0.2) is 0 Å². The van der Waals surface area contributed by atoms with Gasteiger partial charge in [0.25, 0.3) is 0 Å². The number of hydrogen-bond acceptors (Lipinski definition) is 7. The average molecular weight is 277 g/mol. The third-order valence-corrected chi connectivity index (χ3v) is 2.57. The van der Waals surface area contributed by atoms with E-state index in [1.54, 1.807) is 10.9 Å². The van der Waals surface area contributed by atoms with Gasteiger partial charge in [-0.15, -0.1) is 0 Å². The number of anilines is 2. The van der Waals surface area contributed by atoms with Crippen LogP contribution in [0.15, 0.2) is 12.3 Å². The van der Waals surface area contributed by atoms with Crippen LogP contribution in [0.25, 0.3) is 0 Å². The maximum Gasteiger partial charge on any atom is 0.323 e. The molecule has 0 atom stereocenters. The van der Waals surface area contributed by atoms with Crippen LogP contribution in [0.1, 0.15) is 19.5 Å². The van der Waals surface area contributed by atoms with Gasteiger partial charge in [0.05, 0.1) is 18.8 Å². The van der Waals surface area contributed by atoms with Crippen LogP contribution in [0.3, 0.4) is 0 Å². The molecule has 2 N–H and O–H groups in total. The summed E-state index contributed by atoms with van der Waals surface area (Å²) in [5.74, 6) is 0.971. The molecule has 2 rings (SSSR count). The summed E-state index contributed by atoms with van der Waals surface area (Å²) in [7, 11) is 1.89. The minimum absolute atomic E-state index is 0.311. The Bertz CT molecular complexity index is 530. The van der Waals surface area contributed by atoms with Crippen LogP contribution in [0.2, 0.25) is 0 Å². The number of rotatable bonds is 7. The number of aromatic nitrogens is 5. The maximum atomic E-state index is 5.33. The molecule has 0 aliphatic carbocycles. The third kappa shape index (κ3) is 3.56. The van der Waals surface area contributed by atoms with Gasteiger partial charge in [-0.05, 0) is 19.9 Å². The zero-order valence-corrected chi connectivity index (χ0v) is 11.9. The van der Waals surface area contributed by atoms with Gasteiger partial charge in [-0.25, -0.2) is 0 Å². The first-order valence-corrected chi connectivity index (χ1v) is 6.56. The van der Waals surface area contributed by atoms with Gasteiger partial charge < -0.3 is 15.4 Å². The highest BCUT2D eigenvalue weighted by molar-refractivity contribution is 5.36. The van der Waals surface area contributed by atoms with Crippen molar-refractivity contribution in [2.24, 2.45) is 7.05 Å². The van der Waals surface area contributed by atoms with E-state index >= 15 is 0 Å². The van der Waals surface area contributed by atoms with Crippen LogP contribution in [-0.2, 0) is 13.6 Å². The van der Waals surface area contributed by atoms with E-state index < -0.39 is 0 Å². The van der Waals surface area contributed by atoms with E-state index in [0.29, 0.717) is 31.1 Å². The maximum absolute atomic E-state index is 5.33. The van der Waals surface area contributed by atoms with Crippen LogP contribution >= 0.6 is 0 Å². The minimum atomic E-state index is 0.311. The second kappa shape index (κ2) is 6.69. The molecule has 8 nitrogen and oxygen atoms in total. The lowest BCUT2D eigenvalue weighted by Crippen LogP contribution is -2.12. The van der Waals surface area contributed by atoms with Crippen LogP contribution in [0, 0.1) is 0 Å². The standard InChI is InChI=1S/C12H19N7O/c1-4-13-10-16-11(18-12(17-10)20-5-2)14-8-9-6-7-15-19(9)3/h6-7H,4-5,8H2,1-3H3,(H2,13,14,16,17,18). The topological polar surface area (TPSA) is 89.8 Å². The summed E-state index contributed by atoms with van der Waals surface area (Å²) in [4.78, 5) is 12.7. The molecular formula is C12H19N7O. The van der Waals surface area contributed by atoms with Gasteiger partial charge in [0.2, 0.25) is 11.9 Å². The average Bonchev–Trinajstić information content (AvgIpc) is 2.83. The van der Waals surface area contributed by atoms with Gasteiger partial charge in [-0.2, -0.15) is 20.1 Å².